The molecular weight excluding hydrogens is 242 g/mol. The van der Waals surface area contributed by atoms with Crippen molar-refractivity contribution in [3.63, 3.8) is 0 Å². The summed E-state index contributed by atoms with van der Waals surface area (Å²) in [5.41, 5.74) is 0.553. The van der Waals surface area contributed by atoms with Gasteiger partial charge < -0.3 is 14.8 Å². The van der Waals surface area contributed by atoms with Gasteiger partial charge in [-0.2, -0.15) is 0 Å². The third-order valence-corrected chi connectivity index (χ3v) is 2.50. The van der Waals surface area contributed by atoms with Crippen LogP contribution in [0.4, 0.5) is 4.79 Å². The van der Waals surface area contributed by atoms with Gasteiger partial charge in [-0.25, -0.2) is 4.79 Å². The first-order chi connectivity index (χ1) is 8.92. The number of nitrogens with one attached hydrogen (secondary N) is 1. The van der Waals surface area contributed by atoms with E-state index >= 15 is 0 Å². The van der Waals surface area contributed by atoms with Gasteiger partial charge >= 0.3 is 6.09 Å². The molecule has 0 radical (unpaired) electrons. The van der Waals surface area contributed by atoms with Crippen LogP contribution in [0.3, 0.4) is 0 Å². The van der Waals surface area contributed by atoms with Gasteiger partial charge in [-0.3, -0.25) is 0 Å². The third-order valence-electron chi connectivity index (χ3n) is 2.50. The summed E-state index contributed by atoms with van der Waals surface area (Å²) < 4.78 is 10.4. The molecule has 0 saturated carbocycles. The number of hydrogen-bond donors (Lipinski definition) is 1. The number of hydrogen-bond acceptors (Lipinski definition) is 3. The standard InChI is InChI=1S/C15H23NO3/c1-15(2,3)19-14(17)16-13(10-11-18-4)12-8-6-5-7-9-12/h5-9,13H,10-11H2,1-4H3,(H,16,17)/t13-/m0/s1. The Morgan fingerprint density at radius 1 is 1.26 bits per heavy atom. The molecule has 1 atom stereocenters. The summed E-state index contributed by atoms with van der Waals surface area (Å²) in [6.07, 6.45) is 0.303. The van der Waals surface area contributed by atoms with Crippen LogP contribution < -0.4 is 5.32 Å². The summed E-state index contributed by atoms with van der Waals surface area (Å²) in [6, 6.07) is 9.72. The molecule has 1 rings (SSSR count). The molecule has 0 aromatic heterocycles. The van der Waals surface area contributed by atoms with E-state index in [4.69, 9.17) is 9.47 Å². The molecule has 0 bridgehead atoms. The van der Waals surface area contributed by atoms with Crippen molar-refractivity contribution in [3.8, 4) is 0 Å². The lowest BCUT2D eigenvalue weighted by atomic mass is 10.0. The van der Waals surface area contributed by atoms with Gasteiger partial charge in [0.1, 0.15) is 5.60 Å². The van der Waals surface area contributed by atoms with Crippen LogP contribution in [-0.4, -0.2) is 25.4 Å². The van der Waals surface area contributed by atoms with E-state index in [0.29, 0.717) is 13.0 Å². The predicted molar refractivity (Wildman–Crippen MR) is 75.0 cm³/mol. The van der Waals surface area contributed by atoms with Crippen LogP contribution >= 0.6 is 0 Å². The van der Waals surface area contributed by atoms with E-state index in [2.05, 4.69) is 5.32 Å². The van der Waals surface area contributed by atoms with E-state index in [1.807, 2.05) is 51.1 Å². The maximum atomic E-state index is 11.8. The first-order valence-electron chi connectivity index (χ1n) is 6.46. The smallest absolute Gasteiger partial charge is 0.408 e. The van der Waals surface area contributed by atoms with Gasteiger partial charge in [0.25, 0.3) is 0 Å². The Morgan fingerprint density at radius 2 is 1.89 bits per heavy atom. The molecule has 0 unspecified atom stereocenters. The minimum absolute atomic E-state index is 0.101. The highest BCUT2D eigenvalue weighted by molar-refractivity contribution is 5.68. The van der Waals surface area contributed by atoms with Crippen molar-refractivity contribution in [3.05, 3.63) is 35.9 Å². The van der Waals surface area contributed by atoms with Crippen molar-refractivity contribution in [1.82, 2.24) is 5.32 Å². The van der Waals surface area contributed by atoms with E-state index in [1.165, 1.54) is 0 Å². The fraction of sp³-hybridized carbons (Fsp3) is 0.533. The van der Waals surface area contributed by atoms with Crippen LogP contribution in [0.5, 0.6) is 0 Å². The summed E-state index contributed by atoms with van der Waals surface area (Å²) in [4.78, 5) is 11.8. The molecule has 0 aliphatic carbocycles. The summed E-state index contributed by atoms with van der Waals surface area (Å²) in [5, 5.41) is 2.88. The van der Waals surface area contributed by atoms with Crippen molar-refractivity contribution in [2.24, 2.45) is 0 Å². The Labute approximate surface area is 115 Å². The van der Waals surface area contributed by atoms with Gasteiger partial charge in [-0.1, -0.05) is 30.3 Å². The lowest BCUT2D eigenvalue weighted by Gasteiger charge is -2.23. The lowest BCUT2D eigenvalue weighted by molar-refractivity contribution is 0.0492. The minimum Gasteiger partial charge on any atom is -0.444 e. The number of carbonyl (C=O) groups excluding carboxylic acids is 1. The molecule has 0 saturated heterocycles. The second-order valence-corrected chi connectivity index (χ2v) is 5.39. The Bertz CT molecular complexity index is 384. The van der Waals surface area contributed by atoms with Crippen molar-refractivity contribution < 1.29 is 14.3 Å². The SMILES string of the molecule is COCC[C@H](NC(=O)OC(C)(C)C)c1ccccc1. The van der Waals surface area contributed by atoms with Crippen molar-refractivity contribution in [2.45, 2.75) is 38.8 Å². The number of ether oxygens (including phenoxy) is 2. The predicted octanol–water partition coefficient (Wildman–Crippen LogP) is 3.29. The van der Waals surface area contributed by atoms with Gasteiger partial charge in [-0.05, 0) is 32.8 Å². The molecule has 1 aromatic rings. The average Bonchev–Trinajstić information content (AvgIpc) is 2.33. The molecule has 19 heavy (non-hydrogen) atoms. The van der Waals surface area contributed by atoms with Crippen LogP contribution in [-0.2, 0) is 9.47 Å². The maximum Gasteiger partial charge on any atom is 0.408 e. The highest BCUT2D eigenvalue weighted by Gasteiger charge is 2.20. The van der Waals surface area contributed by atoms with Crippen LogP contribution in [0.15, 0.2) is 30.3 Å². The summed E-state index contributed by atoms with van der Waals surface area (Å²) >= 11 is 0. The van der Waals surface area contributed by atoms with Gasteiger partial charge in [0.2, 0.25) is 0 Å². The fourth-order valence-corrected chi connectivity index (χ4v) is 1.69. The Morgan fingerprint density at radius 3 is 2.42 bits per heavy atom. The highest BCUT2D eigenvalue weighted by Crippen LogP contribution is 2.17. The zero-order valence-electron chi connectivity index (χ0n) is 12.1. The van der Waals surface area contributed by atoms with Crippen molar-refractivity contribution in [2.75, 3.05) is 13.7 Å². The monoisotopic (exact) mass is 265 g/mol. The maximum absolute atomic E-state index is 11.8. The summed E-state index contributed by atoms with van der Waals surface area (Å²) in [7, 11) is 1.65. The molecule has 0 spiro atoms. The van der Waals surface area contributed by atoms with Crippen molar-refractivity contribution >= 4 is 6.09 Å². The van der Waals surface area contributed by atoms with Gasteiger partial charge in [0.05, 0.1) is 6.04 Å². The molecule has 0 heterocycles. The number of alkyl carbamates (subject to hydrolysis) is 1. The molecule has 4 heteroatoms. The largest absolute Gasteiger partial charge is 0.444 e. The Hall–Kier alpha value is -1.55. The summed E-state index contributed by atoms with van der Waals surface area (Å²) in [6.45, 7) is 6.12. The van der Waals surface area contributed by atoms with Crippen LogP contribution in [0.2, 0.25) is 0 Å². The van der Waals surface area contributed by atoms with Crippen molar-refractivity contribution in [1.29, 1.82) is 0 Å². The van der Waals surface area contributed by atoms with Crippen LogP contribution in [0.1, 0.15) is 38.8 Å². The topological polar surface area (TPSA) is 47.6 Å². The fourth-order valence-electron chi connectivity index (χ4n) is 1.69. The van der Waals surface area contributed by atoms with E-state index in [9.17, 15) is 4.79 Å². The van der Waals surface area contributed by atoms with Crippen LogP contribution in [0, 0.1) is 0 Å². The van der Waals surface area contributed by atoms with E-state index < -0.39 is 11.7 Å². The molecule has 4 nitrogen and oxygen atoms in total. The number of benzene rings is 1. The minimum atomic E-state index is -0.493. The van der Waals surface area contributed by atoms with Gasteiger partial charge in [0.15, 0.2) is 0 Å². The van der Waals surface area contributed by atoms with Gasteiger partial charge in [-0.15, -0.1) is 0 Å². The number of amides is 1. The molecule has 0 fully saturated rings. The van der Waals surface area contributed by atoms with E-state index in [1.54, 1.807) is 7.11 Å². The summed E-state index contributed by atoms with van der Waals surface area (Å²) in [5.74, 6) is 0. The zero-order chi connectivity index (χ0) is 14.3. The Balaban J connectivity index is 2.67. The highest BCUT2D eigenvalue weighted by atomic mass is 16.6. The number of rotatable bonds is 5. The Kier molecular flexibility index (Phi) is 5.83. The second kappa shape index (κ2) is 7.14. The molecule has 1 amide bonds. The number of methoxy groups -OCH3 is 1. The third kappa shape index (κ3) is 6.25. The van der Waals surface area contributed by atoms with Gasteiger partial charge in [0, 0.05) is 13.7 Å². The lowest BCUT2D eigenvalue weighted by Crippen LogP contribution is -2.35. The molecular formula is C15H23NO3. The zero-order valence-corrected chi connectivity index (χ0v) is 12.1. The molecule has 0 aliphatic heterocycles. The van der Waals surface area contributed by atoms with Crippen LogP contribution in [0.25, 0.3) is 0 Å². The molecule has 1 aromatic carbocycles. The normalized spacial score (nSPS) is 12.8. The molecule has 1 N–H and O–H groups in total. The first kappa shape index (κ1) is 15.5. The number of carbonyl (C=O) groups is 1. The first-order valence-corrected chi connectivity index (χ1v) is 6.46. The molecule has 106 valence electrons. The van der Waals surface area contributed by atoms with E-state index in [-0.39, 0.29) is 6.04 Å². The quantitative estimate of drug-likeness (QED) is 0.888. The molecule has 0 aliphatic rings. The van der Waals surface area contributed by atoms with E-state index in [0.717, 1.165) is 5.56 Å². The average molecular weight is 265 g/mol. The second-order valence-electron chi connectivity index (χ2n) is 5.39.